The summed E-state index contributed by atoms with van der Waals surface area (Å²) in [5, 5.41) is 26.8. The number of pyridine rings is 1. The van der Waals surface area contributed by atoms with Crippen molar-refractivity contribution in [2.75, 3.05) is 18.8 Å². The molecule has 39 heavy (non-hydrogen) atoms. The van der Waals surface area contributed by atoms with Gasteiger partial charge in [-0.15, -0.1) is 0 Å². The molecule has 212 valence electrons. The van der Waals surface area contributed by atoms with Gasteiger partial charge in [0.05, 0.1) is 28.8 Å². The highest BCUT2D eigenvalue weighted by Crippen LogP contribution is 2.37. The number of anilines is 1. The summed E-state index contributed by atoms with van der Waals surface area (Å²) in [7, 11) is 0. The van der Waals surface area contributed by atoms with E-state index in [4.69, 9.17) is 38.8 Å². The van der Waals surface area contributed by atoms with Gasteiger partial charge >= 0.3 is 5.97 Å². The van der Waals surface area contributed by atoms with Crippen LogP contribution in [0.15, 0.2) is 36.8 Å². The SMILES string of the molecule is CC(C)(C)C(=O)O.CC(Oc1cc(-c2cnn(CC3(O)CCNCC3)c2)cnc1N)c1c(Cl)ccc(F)c1Cl. The standard InChI is InChI=1S/C22H24Cl2FN5O2.C5H10O2/c1-13(19-16(23)2-3-17(25)20(19)24)32-18-8-14(9-28-21(18)26)15-10-29-30(11-15)12-22(31)4-6-27-7-5-22;1-5(2,3)4(6)7/h2-3,8-11,13,27,31H,4-7,12H2,1H3,(H2,26,28);1-3H3,(H,6,7). The average Bonchev–Trinajstić information content (AvgIpc) is 3.31. The average molecular weight is 583 g/mol. The first-order valence-corrected chi connectivity index (χ1v) is 13.2. The van der Waals surface area contributed by atoms with Crippen molar-refractivity contribution in [3.05, 3.63) is 58.2 Å². The van der Waals surface area contributed by atoms with Crippen molar-refractivity contribution in [2.24, 2.45) is 5.41 Å². The lowest BCUT2D eigenvalue weighted by molar-refractivity contribution is -0.145. The van der Waals surface area contributed by atoms with E-state index in [1.54, 1.807) is 50.8 Å². The molecule has 0 radical (unpaired) electrons. The number of aliphatic hydroxyl groups is 1. The Morgan fingerprint density at radius 2 is 1.90 bits per heavy atom. The van der Waals surface area contributed by atoms with Crippen molar-refractivity contribution in [3.63, 3.8) is 0 Å². The number of aliphatic carboxylic acids is 1. The number of rotatable bonds is 6. The van der Waals surface area contributed by atoms with Gasteiger partial charge in [-0.2, -0.15) is 5.10 Å². The van der Waals surface area contributed by atoms with Gasteiger partial charge in [0.15, 0.2) is 11.6 Å². The molecule has 0 bridgehead atoms. The van der Waals surface area contributed by atoms with Crippen LogP contribution >= 0.6 is 23.2 Å². The van der Waals surface area contributed by atoms with Crippen LogP contribution in [0.2, 0.25) is 10.0 Å². The zero-order chi connectivity index (χ0) is 29.0. The predicted octanol–water partition coefficient (Wildman–Crippen LogP) is 5.34. The monoisotopic (exact) mass is 581 g/mol. The maximum absolute atomic E-state index is 13.9. The van der Waals surface area contributed by atoms with Crippen molar-refractivity contribution in [2.45, 2.75) is 58.8 Å². The van der Waals surface area contributed by atoms with Crippen LogP contribution in [0.4, 0.5) is 10.2 Å². The van der Waals surface area contributed by atoms with Crippen molar-refractivity contribution >= 4 is 35.0 Å². The van der Waals surface area contributed by atoms with Gasteiger partial charge in [-0.25, -0.2) is 9.37 Å². The third-order valence-corrected chi connectivity index (χ3v) is 6.98. The molecule has 1 unspecified atom stereocenters. The summed E-state index contributed by atoms with van der Waals surface area (Å²) >= 11 is 12.3. The van der Waals surface area contributed by atoms with Crippen molar-refractivity contribution < 1.29 is 24.1 Å². The van der Waals surface area contributed by atoms with E-state index in [0.717, 1.165) is 24.2 Å². The first kappa shape index (κ1) is 30.6. The van der Waals surface area contributed by atoms with Gasteiger partial charge in [-0.3, -0.25) is 9.48 Å². The van der Waals surface area contributed by atoms with E-state index in [9.17, 15) is 14.3 Å². The molecule has 0 spiro atoms. The van der Waals surface area contributed by atoms with E-state index >= 15 is 0 Å². The number of halogens is 3. The quantitative estimate of drug-likeness (QED) is 0.286. The Balaban J connectivity index is 0.000000532. The van der Waals surface area contributed by atoms with Gasteiger partial charge in [0.25, 0.3) is 0 Å². The van der Waals surface area contributed by atoms with Crippen molar-refractivity contribution in [1.82, 2.24) is 20.1 Å². The summed E-state index contributed by atoms with van der Waals surface area (Å²) in [6.07, 6.45) is 5.85. The fourth-order valence-corrected chi connectivity index (χ4v) is 4.50. The van der Waals surface area contributed by atoms with E-state index in [0.29, 0.717) is 35.7 Å². The molecule has 3 aromatic rings. The molecule has 2 aromatic heterocycles. The van der Waals surface area contributed by atoms with Crippen LogP contribution in [0.25, 0.3) is 11.1 Å². The van der Waals surface area contributed by atoms with Gasteiger partial charge in [-0.1, -0.05) is 23.2 Å². The second-order valence-corrected chi connectivity index (χ2v) is 11.4. The minimum absolute atomic E-state index is 0.0928. The number of hydrogen-bond donors (Lipinski definition) is 4. The number of nitrogen functional groups attached to an aromatic ring is 1. The zero-order valence-corrected chi connectivity index (χ0v) is 23.9. The normalized spacial score (nSPS) is 15.7. The number of aromatic nitrogens is 3. The Labute approximate surface area is 237 Å². The smallest absolute Gasteiger partial charge is 0.308 e. The lowest BCUT2D eigenvalue weighted by atomic mass is 9.92. The predicted molar refractivity (Wildman–Crippen MR) is 149 cm³/mol. The second kappa shape index (κ2) is 12.5. The summed E-state index contributed by atoms with van der Waals surface area (Å²) in [4.78, 5) is 14.2. The number of carboxylic acids is 1. The van der Waals surface area contributed by atoms with E-state index in [1.165, 1.54) is 12.1 Å². The largest absolute Gasteiger partial charge is 0.482 e. The number of nitrogens with one attached hydrogen (secondary N) is 1. The third kappa shape index (κ3) is 8.04. The van der Waals surface area contributed by atoms with Crippen LogP contribution in [-0.4, -0.2) is 49.6 Å². The number of nitrogens with two attached hydrogens (primary N) is 1. The lowest BCUT2D eigenvalue weighted by Crippen LogP contribution is -2.44. The van der Waals surface area contributed by atoms with Crippen LogP contribution in [0, 0.1) is 11.2 Å². The molecule has 1 atom stereocenters. The van der Waals surface area contributed by atoms with Crippen LogP contribution in [0.3, 0.4) is 0 Å². The molecule has 1 fully saturated rings. The highest BCUT2D eigenvalue weighted by Gasteiger charge is 2.30. The van der Waals surface area contributed by atoms with Crippen LogP contribution in [-0.2, 0) is 11.3 Å². The zero-order valence-electron chi connectivity index (χ0n) is 22.3. The lowest BCUT2D eigenvalue weighted by Gasteiger charge is -2.32. The summed E-state index contributed by atoms with van der Waals surface area (Å²) in [6, 6.07) is 4.37. The van der Waals surface area contributed by atoms with Gasteiger partial charge in [0.1, 0.15) is 11.9 Å². The maximum Gasteiger partial charge on any atom is 0.308 e. The van der Waals surface area contributed by atoms with Crippen molar-refractivity contribution in [1.29, 1.82) is 0 Å². The Morgan fingerprint density at radius 3 is 2.51 bits per heavy atom. The molecule has 0 saturated carbocycles. The number of nitrogens with zero attached hydrogens (tertiary/aromatic N) is 3. The van der Waals surface area contributed by atoms with E-state index in [-0.39, 0.29) is 10.8 Å². The molecule has 1 aliphatic heterocycles. The number of ether oxygens (including phenoxy) is 1. The Hall–Kier alpha value is -2.92. The van der Waals surface area contributed by atoms with E-state index in [2.05, 4.69) is 15.4 Å². The molecule has 9 nitrogen and oxygen atoms in total. The van der Waals surface area contributed by atoms with Gasteiger partial charge in [0.2, 0.25) is 0 Å². The Morgan fingerprint density at radius 1 is 1.26 bits per heavy atom. The minimum Gasteiger partial charge on any atom is -0.482 e. The van der Waals surface area contributed by atoms with Crippen molar-refractivity contribution in [3.8, 4) is 16.9 Å². The molecular weight excluding hydrogens is 548 g/mol. The molecule has 5 N–H and O–H groups in total. The molecule has 3 heterocycles. The fourth-order valence-electron chi connectivity index (χ4n) is 3.82. The molecule has 1 aliphatic rings. The summed E-state index contributed by atoms with van der Waals surface area (Å²) < 4.78 is 21.6. The number of benzene rings is 1. The molecular formula is C27H34Cl2FN5O4. The molecule has 1 aromatic carbocycles. The maximum atomic E-state index is 13.9. The molecule has 4 rings (SSSR count). The number of hydrogen-bond acceptors (Lipinski definition) is 7. The molecule has 1 saturated heterocycles. The van der Waals surface area contributed by atoms with Gasteiger partial charge in [-0.05, 0) is 71.8 Å². The topological polar surface area (TPSA) is 136 Å². The van der Waals surface area contributed by atoms with Crippen LogP contribution in [0.5, 0.6) is 5.75 Å². The minimum atomic E-state index is -0.777. The summed E-state index contributed by atoms with van der Waals surface area (Å²) in [5.74, 6) is -0.839. The summed E-state index contributed by atoms with van der Waals surface area (Å²) in [5.41, 5.74) is 6.52. The van der Waals surface area contributed by atoms with Gasteiger partial charge < -0.3 is 26.0 Å². The van der Waals surface area contributed by atoms with E-state index < -0.39 is 28.9 Å². The number of carboxylic acid groups (broad SMARTS) is 1. The number of piperidine rings is 1. The van der Waals surface area contributed by atoms with Crippen LogP contribution in [0.1, 0.15) is 52.2 Å². The highest BCUT2D eigenvalue weighted by molar-refractivity contribution is 6.36. The van der Waals surface area contributed by atoms with E-state index in [1.807, 2.05) is 6.20 Å². The molecule has 0 amide bonds. The van der Waals surface area contributed by atoms with Gasteiger partial charge in [0, 0.05) is 34.1 Å². The van der Waals surface area contributed by atoms with Crippen LogP contribution < -0.4 is 15.8 Å². The summed E-state index contributed by atoms with van der Waals surface area (Å²) in [6.45, 7) is 8.67. The molecule has 0 aliphatic carbocycles. The fraction of sp³-hybridized carbons (Fsp3) is 0.444. The third-order valence-electron chi connectivity index (χ3n) is 6.27. The Kier molecular flexibility index (Phi) is 9.82. The first-order valence-electron chi connectivity index (χ1n) is 12.4. The highest BCUT2D eigenvalue weighted by atomic mass is 35.5. The number of carbonyl (C=O) groups is 1. The molecule has 12 heteroatoms. The first-order chi connectivity index (χ1) is 18.2. The second-order valence-electron chi connectivity index (χ2n) is 10.6. The Bertz CT molecular complexity index is 1310.